The topological polar surface area (TPSA) is 72.2 Å². The summed E-state index contributed by atoms with van der Waals surface area (Å²) in [7, 11) is -3.26. The Morgan fingerprint density at radius 1 is 1.35 bits per heavy atom. The van der Waals surface area contributed by atoms with Crippen LogP contribution in [0.4, 0.5) is 5.69 Å². The fourth-order valence-electron chi connectivity index (χ4n) is 1.38. The zero-order valence-corrected chi connectivity index (χ0v) is 11.1. The second-order valence-corrected chi connectivity index (χ2v) is 6.53. The van der Waals surface area contributed by atoms with E-state index in [0.29, 0.717) is 12.2 Å². The van der Waals surface area contributed by atoms with Gasteiger partial charge in [-0.3, -0.25) is 4.72 Å². The Hall–Kier alpha value is -1.07. The van der Waals surface area contributed by atoms with Crippen LogP contribution in [0.25, 0.3) is 0 Å². The molecule has 3 N–H and O–H groups in total. The van der Waals surface area contributed by atoms with Crippen molar-refractivity contribution < 1.29 is 8.42 Å². The Morgan fingerprint density at radius 2 is 2.06 bits per heavy atom. The number of nitrogens with two attached hydrogens (primary N) is 1. The average Bonchev–Trinajstić information content (AvgIpc) is 2.26. The van der Waals surface area contributed by atoms with Crippen molar-refractivity contribution in [2.24, 2.45) is 5.73 Å². The summed E-state index contributed by atoms with van der Waals surface area (Å²) >= 11 is 0. The summed E-state index contributed by atoms with van der Waals surface area (Å²) in [5.74, 6) is 0. The van der Waals surface area contributed by atoms with Crippen LogP contribution in [0.5, 0.6) is 0 Å². The van der Waals surface area contributed by atoms with Crippen molar-refractivity contribution >= 4 is 15.7 Å². The van der Waals surface area contributed by atoms with Gasteiger partial charge >= 0.3 is 0 Å². The van der Waals surface area contributed by atoms with Crippen molar-refractivity contribution in [2.75, 3.05) is 11.3 Å². The van der Waals surface area contributed by atoms with E-state index >= 15 is 0 Å². The second-order valence-electron chi connectivity index (χ2n) is 4.29. The van der Waals surface area contributed by atoms with Gasteiger partial charge in [-0.05, 0) is 50.9 Å². The number of sulfonamides is 1. The lowest BCUT2D eigenvalue weighted by molar-refractivity contribution is 0.593. The molecule has 1 aromatic carbocycles. The molecule has 0 aromatic heterocycles. The van der Waals surface area contributed by atoms with Crippen LogP contribution in [0.2, 0.25) is 0 Å². The minimum atomic E-state index is -3.26. The SMILES string of the molecule is CC(C)S(=O)(=O)Nc1cccc(CCCN)c1. The lowest BCUT2D eigenvalue weighted by Crippen LogP contribution is -2.22. The third-order valence-electron chi connectivity index (χ3n) is 2.48. The molecule has 5 heteroatoms. The van der Waals surface area contributed by atoms with E-state index in [1.807, 2.05) is 18.2 Å². The van der Waals surface area contributed by atoms with Crippen molar-refractivity contribution in [1.82, 2.24) is 0 Å². The Bertz CT molecular complexity index is 455. The molecule has 0 bridgehead atoms. The number of nitrogens with one attached hydrogen (secondary N) is 1. The summed E-state index contributed by atoms with van der Waals surface area (Å²) in [5, 5.41) is -0.435. The molecule has 0 aliphatic rings. The van der Waals surface area contributed by atoms with Crippen molar-refractivity contribution in [3.8, 4) is 0 Å². The molecule has 17 heavy (non-hydrogen) atoms. The summed E-state index contributed by atoms with van der Waals surface area (Å²) in [6.07, 6.45) is 1.77. The molecule has 0 unspecified atom stereocenters. The summed E-state index contributed by atoms with van der Waals surface area (Å²) in [6.45, 7) is 3.95. The average molecular weight is 256 g/mol. The van der Waals surface area contributed by atoms with Gasteiger partial charge < -0.3 is 5.73 Å². The van der Waals surface area contributed by atoms with Gasteiger partial charge in [-0.1, -0.05) is 12.1 Å². The van der Waals surface area contributed by atoms with Gasteiger partial charge in [0.2, 0.25) is 10.0 Å². The Morgan fingerprint density at radius 3 is 2.65 bits per heavy atom. The lowest BCUT2D eigenvalue weighted by atomic mass is 10.1. The van der Waals surface area contributed by atoms with Crippen LogP contribution in [0.3, 0.4) is 0 Å². The molecule has 0 fully saturated rings. The predicted octanol–water partition coefficient (Wildman–Crippen LogP) is 1.73. The number of aryl methyl sites for hydroxylation is 1. The zero-order valence-electron chi connectivity index (χ0n) is 10.3. The Kier molecular flexibility index (Phi) is 4.96. The highest BCUT2D eigenvalue weighted by atomic mass is 32.2. The van der Waals surface area contributed by atoms with Gasteiger partial charge in [0, 0.05) is 5.69 Å². The molecule has 0 atom stereocenters. The van der Waals surface area contributed by atoms with Crippen LogP contribution in [-0.4, -0.2) is 20.2 Å². The minimum absolute atomic E-state index is 0.435. The highest BCUT2D eigenvalue weighted by Crippen LogP contribution is 2.15. The minimum Gasteiger partial charge on any atom is -0.330 e. The monoisotopic (exact) mass is 256 g/mol. The summed E-state index contributed by atoms with van der Waals surface area (Å²) in [4.78, 5) is 0. The molecule has 0 saturated heterocycles. The van der Waals surface area contributed by atoms with E-state index in [-0.39, 0.29) is 0 Å². The van der Waals surface area contributed by atoms with E-state index in [1.165, 1.54) is 0 Å². The largest absolute Gasteiger partial charge is 0.330 e. The predicted molar refractivity (Wildman–Crippen MR) is 71.5 cm³/mol. The maximum absolute atomic E-state index is 11.7. The maximum Gasteiger partial charge on any atom is 0.235 e. The van der Waals surface area contributed by atoms with Crippen LogP contribution in [0.15, 0.2) is 24.3 Å². The summed E-state index contributed by atoms with van der Waals surface area (Å²) in [6, 6.07) is 7.44. The smallest absolute Gasteiger partial charge is 0.235 e. The maximum atomic E-state index is 11.7. The third kappa shape index (κ3) is 4.36. The molecule has 1 rings (SSSR count). The van der Waals surface area contributed by atoms with Crippen molar-refractivity contribution in [1.29, 1.82) is 0 Å². The molecular weight excluding hydrogens is 236 g/mol. The standard InChI is InChI=1S/C12H20N2O2S/c1-10(2)17(15,16)14-12-7-3-5-11(9-12)6-4-8-13/h3,5,7,9-10,14H,4,6,8,13H2,1-2H3. The van der Waals surface area contributed by atoms with Gasteiger partial charge in [-0.25, -0.2) is 8.42 Å². The first kappa shape index (κ1) is 14.0. The lowest BCUT2D eigenvalue weighted by Gasteiger charge is -2.11. The van der Waals surface area contributed by atoms with Crippen LogP contribution in [0.1, 0.15) is 25.8 Å². The van der Waals surface area contributed by atoms with Crippen LogP contribution < -0.4 is 10.5 Å². The summed E-state index contributed by atoms with van der Waals surface area (Å²) in [5.41, 5.74) is 7.16. The number of anilines is 1. The van der Waals surface area contributed by atoms with Gasteiger partial charge in [-0.15, -0.1) is 0 Å². The molecule has 0 saturated carbocycles. The second kappa shape index (κ2) is 6.02. The summed E-state index contributed by atoms with van der Waals surface area (Å²) < 4.78 is 26.0. The van der Waals surface area contributed by atoms with E-state index in [9.17, 15) is 8.42 Å². The van der Waals surface area contributed by atoms with Gasteiger partial charge in [0.25, 0.3) is 0 Å². The highest BCUT2D eigenvalue weighted by molar-refractivity contribution is 7.93. The van der Waals surface area contributed by atoms with Crippen LogP contribution in [-0.2, 0) is 16.4 Å². The van der Waals surface area contributed by atoms with Crippen LogP contribution in [0, 0.1) is 0 Å². The molecule has 1 aromatic rings. The van der Waals surface area contributed by atoms with Gasteiger partial charge in [0.05, 0.1) is 5.25 Å². The molecule has 0 amide bonds. The van der Waals surface area contributed by atoms with E-state index in [4.69, 9.17) is 5.73 Å². The fraction of sp³-hybridized carbons (Fsp3) is 0.500. The molecule has 4 nitrogen and oxygen atoms in total. The quantitative estimate of drug-likeness (QED) is 0.814. The van der Waals surface area contributed by atoms with E-state index in [0.717, 1.165) is 18.4 Å². The van der Waals surface area contributed by atoms with Gasteiger partial charge in [-0.2, -0.15) is 0 Å². The highest BCUT2D eigenvalue weighted by Gasteiger charge is 2.15. The zero-order chi connectivity index (χ0) is 12.9. The van der Waals surface area contributed by atoms with Crippen LogP contribution >= 0.6 is 0 Å². The molecule has 96 valence electrons. The first-order valence-corrected chi connectivity index (χ1v) is 7.31. The molecular formula is C12H20N2O2S. The first-order valence-electron chi connectivity index (χ1n) is 5.76. The van der Waals surface area contributed by atoms with Crippen molar-refractivity contribution in [3.05, 3.63) is 29.8 Å². The first-order chi connectivity index (χ1) is 7.95. The van der Waals surface area contributed by atoms with Crippen molar-refractivity contribution in [3.63, 3.8) is 0 Å². The van der Waals surface area contributed by atoms with Gasteiger partial charge in [0.1, 0.15) is 0 Å². The Balaban J connectivity index is 2.79. The molecule has 0 heterocycles. The number of benzene rings is 1. The molecule has 0 spiro atoms. The van der Waals surface area contributed by atoms with E-state index in [2.05, 4.69) is 4.72 Å². The number of hydrogen-bond acceptors (Lipinski definition) is 3. The number of rotatable bonds is 6. The van der Waals surface area contributed by atoms with E-state index < -0.39 is 15.3 Å². The molecule has 0 radical (unpaired) electrons. The normalized spacial score (nSPS) is 11.8. The number of hydrogen-bond donors (Lipinski definition) is 2. The Labute approximate surface area is 103 Å². The van der Waals surface area contributed by atoms with Crippen molar-refractivity contribution in [2.45, 2.75) is 31.9 Å². The molecule has 0 aliphatic carbocycles. The molecule has 0 aliphatic heterocycles. The fourth-order valence-corrected chi connectivity index (χ4v) is 2.07. The van der Waals surface area contributed by atoms with E-state index in [1.54, 1.807) is 19.9 Å². The van der Waals surface area contributed by atoms with Gasteiger partial charge in [0.15, 0.2) is 0 Å². The third-order valence-corrected chi connectivity index (χ3v) is 4.24.